The van der Waals surface area contributed by atoms with Gasteiger partial charge in [0.25, 0.3) is 0 Å². The predicted molar refractivity (Wildman–Crippen MR) is 82.3 cm³/mol. The number of thiophene rings is 1. The molecule has 1 aromatic carbocycles. The molecule has 0 amide bonds. The second-order valence-corrected chi connectivity index (χ2v) is 6.04. The Morgan fingerprint density at radius 2 is 1.72 bits per heavy atom. The number of aryl methyl sites for hydroxylation is 1. The van der Waals surface area contributed by atoms with Gasteiger partial charge in [-0.25, -0.2) is 0 Å². The van der Waals surface area contributed by atoms with Crippen molar-refractivity contribution in [3.8, 4) is 0 Å². The first-order chi connectivity index (χ1) is 8.70. The van der Waals surface area contributed by atoms with Crippen molar-refractivity contribution in [1.82, 2.24) is 0 Å². The van der Waals surface area contributed by atoms with Crippen LogP contribution in [0, 0.1) is 6.92 Å². The summed E-state index contributed by atoms with van der Waals surface area (Å²) in [6.07, 6.45) is 0.895. The first-order valence-corrected chi connectivity index (χ1v) is 7.91. The summed E-state index contributed by atoms with van der Waals surface area (Å²) in [6.45, 7) is 2.09. The van der Waals surface area contributed by atoms with Gasteiger partial charge in [-0.2, -0.15) is 11.3 Å². The highest BCUT2D eigenvalue weighted by Crippen LogP contribution is 2.32. The largest absolute Gasteiger partial charge is 0.152 e. The zero-order valence-electron chi connectivity index (χ0n) is 10.3. The summed E-state index contributed by atoms with van der Waals surface area (Å²) in [5.74, 6) is 1.07. The van der Waals surface area contributed by atoms with Crippen LogP contribution in [0.5, 0.6) is 0 Å². The number of rotatable bonds is 5. The average Bonchev–Trinajstić information content (AvgIpc) is 2.90. The molecule has 0 aliphatic heterocycles. The van der Waals surface area contributed by atoms with E-state index in [0.29, 0.717) is 11.8 Å². The molecule has 0 fully saturated rings. The van der Waals surface area contributed by atoms with Crippen LogP contribution in [0.2, 0.25) is 0 Å². The molecule has 0 radical (unpaired) electrons. The normalized spacial score (nSPS) is 11.7. The van der Waals surface area contributed by atoms with Crippen molar-refractivity contribution in [2.45, 2.75) is 18.8 Å². The van der Waals surface area contributed by atoms with E-state index in [-0.39, 0.29) is 5.41 Å². The zero-order chi connectivity index (χ0) is 13.0. The van der Waals surface area contributed by atoms with E-state index < -0.39 is 0 Å². The lowest BCUT2D eigenvalue weighted by Gasteiger charge is -2.30. The molecule has 0 bridgehead atoms. The van der Waals surface area contributed by atoms with Crippen molar-refractivity contribution in [3.63, 3.8) is 0 Å². The minimum atomic E-state index is -0.169. The number of hydrogen-bond acceptors (Lipinski definition) is 1. The maximum absolute atomic E-state index is 6.23. The molecular weight excluding hydrogens is 283 g/mol. The van der Waals surface area contributed by atoms with Crippen LogP contribution < -0.4 is 0 Å². The smallest absolute Gasteiger partial charge is 0.0335 e. The molecule has 0 saturated heterocycles. The van der Waals surface area contributed by atoms with Gasteiger partial charge in [0.1, 0.15) is 0 Å². The van der Waals surface area contributed by atoms with E-state index in [1.54, 1.807) is 11.3 Å². The molecule has 0 spiro atoms. The Morgan fingerprint density at radius 3 is 2.22 bits per heavy atom. The van der Waals surface area contributed by atoms with Crippen molar-refractivity contribution in [2.24, 2.45) is 0 Å². The van der Waals surface area contributed by atoms with Crippen LogP contribution in [-0.4, -0.2) is 11.8 Å². The maximum atomic E-state index is 6.23. The molecule has 0 N–H and O–H groups in total. The van der Waals surface area contributed by atoms with Gasteiger partial charge in [-0.05, 0) is 41.3 Å². The highest BCUT2D eigenvalue weighted by Gasteiger charge is 2.31. The predicted octanol–water partition coefficient (Wildman–Crippen LogP) is 5.01. The standard InChI is InChI=1S/C15H16Cl2S/c1-12-2-4-14(5-3-12)15(10-16,11-17)8-13-6-7-18-9-13/h2-7,9H,8,10-11H2,1H3. The summed E-state index contributed by atoms with van der Waals surface area (Å²) < 4.78 is 0. The van der Waals surface area contributed by atoms with E-state index >= 15 is 0 Å². The minimum absolute atomic E-state index is 0.169. The Bertz CT molecular complexity index is 470. The van der Waals surface area contributed by atoms with Gasteiger partial charge in [0.05, 0.1) is 0 Å². The Kier molecular flexibility index (Phi) is 4.71. The lowest BCUT2D eigenvalue weighted by molar-refractivity contribution is 0.537. The molecule has 2 rings (SSSR count). The molecule has 1 aromatic heterocycles. The van der Waals surface area contributed by atoms with Gasteiger partial charge in [0, 0.05) is 17.2 Å². The van der Waals surface area contributed by atoms with Crippen LogP contribution in [0.3, 0.4) is 0 Å². The Labute approximate surface area is 123 Å². The molecule has 0 saturated carbocycles. The lowest BCUT2D eigenvalue weighted by Crippen LogP contribution is -2.33. The fourth-order valence-electron chi connectivity index (χ4n) is 2.08. The average molecular weight is 299 g/mol. The molecule has 0 aliphatic rings. The lowest BCUT2D eigenvalue weighted by atomic mass is 9.79. The fourth-order valence-corrected chi connectivity index (χ4v) is 3.53. The first-order valence-electron chi connectivity index (χ1n) is 5.90. The topological polar surface area (TPSA) is 0 Å². The minimum Gasteiger partial charge on any atom is -0.152 e. The van der Waals surface area contributed by atoms with Crippen LogP contribution in [0.4, 0.5) is 0 Å². The van der Waals surface area contributed by atoms with E-state index in [2.05, 4.69) is 48.0 Å². The molecule has 0 atom stereocenters. The van der Waals surface area contributed by atoms with E-state index in [9.17, 15) is 0 Å². The quantitative estimate of drug-likeness (QED) is 0.680. The van der Waals surface area contributed by atoms with Crippen LogP contribution >= 0.6 is 34.5 Å². The Morgan fingerprint density at radius 1 is 1.06 bits per heavy atom. The highest BCUT2D eigenvalue weighted by molar-refractivity contribution is 7.07. The van der Waals surface area contributed by atoms with E-state index in [4.69, 9.17) is 23.2 Å². The van der Waals surface area contributed by atoms with Crippen molar-refractivity contribution in [3.05, 3.63) is 57.8 Å². The third-order valence-corrected chi connectivity index (χ3v) is 5.05. The molecule has 1 heterocycles. The van der Waals surface area contributed by atoms with Crippen molar-refractivity contribution >= 4 is 34.5 Å². The van der Waals surface area contributed by atoms with Crippen molar-refractivity contribution in [2.75, 3.05) is 11.8 Å². The van der Waals surface area contributed by atoms with Crippen LogP contribution in [0.1, 0.15) is 16.7 Å². The summed E-state index contributed by atoms with van der Waals surface area (Å²) >= 11 is 14.2. The molecular formula is C15H16Cl2S. The molecule has 2 aromatic rings. The van der Waals surface area contributed by atoms with Crippen LogP contribution in [0.15, 0.2) is 41.1 Å². The third-order valence-electron chi connectivity index (χ3n) is 3.30. The van der Waals surface area contributed by atoms with Gasteiger partial charge in [0.2, 0.25) is 0 Å². The second-order valence-electron chi connectivity index (χ2n) is 4.72. The number of benzene rings is 1. The monoisotopic (exact) mass is 298 g/mol. The summed E-state index contributed by atoms with van der Waals surface area (Å²) in [4.78, 5) is 0. The molecule has 0 aliphatic carbocycles. The third kappa shape index (κ3) is 2.90. The van der Waals surface area contributed by atoms with Gasteiger partial charge in [-0.3, -0.25) is 0 Å². The maximum Gasteiger partial charge on any atom is 0.0335 e. The van der Waals surface area contributed by atoms with Crippen LogP contribution in [-0.2, 0) is 11.8 Å². The second kappa shape index (κ2) is 6.10. The zero-order valence-corrected chi connectivity index (χ0v) is 12.7. The molecule has 18 heavy (non-hydrogen) atoms. The number of alkyl halides is 2. The number of hydrogen-bond donors (Lipinski definition) is 0. The summed E-state index contributed by atoms with van der Waals surface area (Å²) in [5, 5.41) is 4.26. The van der Waals surface area contributed by atoms with E-state index in [1.165, 1.54) is 16.7 Å². The SMILES string of the molecule is Cc1ccc(C(CCl)(CCl)Cc2ccsc2)cc1. The first kappa shape index (κ1) is 13.9. The fraction of sp³-hybridized carbons (Fsp3) is 0.333. The molecule has 3 heteroatoms. The Hall–Kier alpha value is -0.500. The summed E-state index contributed by atoms with van der Waals surface area (Å²) in [7, 11) is 0. The van der Waals surface area contributed by atoms with Gasteiger partial charge < -0.3 is 0 Å². The van der Waals surface area contributed by atoms with Crippen molar-refractivity contribution < 1.29 is 0 Å². The molecule has 96 valence electrons. The van der Waals surface area contributed by atoms with Gasteiger partial charge in [-0.1, -0.05) is 29.8 Å². The van der Waals surface area contributed by atoms with E-state index in [0.717, 1.165) is 6.42 Å². The Balaban J connectivity index is 2.33. The van der Waals surface area contributed by atoms with Gasteiger partial charge >= 0.3 is 0 Å². The van der Waals surface area contributed by atoms with Gasteiger partial charge in [0.15, 0.2) is 0 Å². The summed E-state index contributed by atoms with van der Waals surface area (Å²) in [6, 6.07) is 10.7. The van der Waals surface area contributed by atoms with Crippen molar-refractivity contribution in [1.29, 1.82) is 0 Å². The number of halogens is 2. The highest BCUT2D eigenvalue weighted by atomic mass is 35.5. The van der Waals surface area contributed by atoms with Gasteiger partial charge in [-0.15, -0.1) is 23.2 Å². The summed E-state index contributed by atoms with van der Waals surface area (Å²) in [5.41, 5.74) is 3.62. The molecule has 0 nitrogen and oxygen atoms in total. The van der Waals surface area contributed by atoms with Crippen LogP contribution in [0.25, 0.3) is 0 Å². The molecule has 0 unspecified atom stereocenters. The van der Waals surface area contributed by atoms with E-state index in [1.807, 2.05) is 0 Å².